The molecule has 0 aliphatic carbocycles. The second-order valence-electron chi connectivity index (χ2n) is 8.90. The maximum Gasteiger partial charge on any atom is 0.221 e. The van der Waals surface area contributed by atoms with Crippen molar-refractivity contribution >= 4 is 11.6 Å². The number of aliphatic hydroxyl groups is 1. The first-order valence-electron chi connectivity index (χ1n) is 11.7. The van der Waals surface area contributed by atoms with Crippen LogP contribution in [0.1, 0.15) is 55.3 Å². The van der Waals surface area contributed by atoms with Gasteiger partial charge in [0.1, 0.15) is 0 Å². The molecule has 2 aliphatic heterocycles. The zero-order valence-electron chi connectivity index (χ0n) is 19.4. The molecule has 178 valence electrons. The van der Waals surface area contributed by atoms with Gasteiger partial charge in [0.15, 0.2) is 6.29 Å². The van der Waals surface area contributed by atoms with Crippen molar-refractivity contribution in [2.24, 2.45) is 0 Å². The van der Waals surface area contributed by atoms with Gasteiger partial charge in [0.25, 0.3) is 0 Å². The van der Waals surface area contributed by atoms with Crippen molar-refractivity contribution in [2.75, 3.05) is 32.1 Å². The number of aliphatic hydroxyl groups excluding tert-OH is 1. The van der Waals surface area contributed by atoms with Crippen LogP contribution in [0.5, 0.6) is 0 Å². The average Bonchev–Trinajstić information content (AvgIpc) is 3.26. The highest BCUT2D eigenvalue weighted by Gasteiger charge is 2.35. The predicted octanol–water partition coefficient (Wildman–Crippen LogP) is 3.79. The molecule has 2 N–H and O–H groups in total. The van der Waals surface area contributed by atoms with Gasteiger partial charge >= 0.3 is 0 Å². The van der Waals surface area contributed by atoms with E-state index in [0.29, 0.717) is 6.04 Å². The smallest absolute Gasteiger partial charge is 0.221 e. The number of hydrogen-bond acceptors (Lipinski definition) is 6. The van der Waals surface area contributed by atoms with E-state index in [2.05, 4.69) is 10.2 Å². The van der Waals surface area contributed by atoms with Crippen LogP contribution in [-0.4, -0.2) is 54.9 Å². The lowest BCUT2D eigenvalue weighted by Gasteiger charge is -2.38. The summed E-state index contributed by atoms with van der Waals surface area (Å²) in [6.45, 7) is 4.15. The lowest BCUT2D eigenvalue weighted by Crippen LogP contribution is -2.42. The van der Waals surface area contributed by atoms with E-state index in [0.717, 1.165) is 54.9 Å². The molecule has 2 heterocycles. The Hall–Kier alpha value is -2.29. The Morgan fingerprint density at radius 1 is 1.12 bits per heavy atom. The van der Waals surface area contributed by atoms with Gasteiger partial charge in [-0.15, -0.1) is 0 Å². The number of methoxy groups -OCH3 is 1. The summed E-state index contributed by atoms with van der Waals surface area (Å²) in [4.78, 5) is 13.8. The fourth-order valence-electron chi connectivity index (χ4n) is 4.74. The zero-order valence-corrected chi connectivity index (χ0v) is 19.4. The number of benzene rings is 2. The minimum atomic E-state index is -0.499. The molecule has 4 atom stereocenters. The Bertz CT molecular complexity index is 902. The number of carbonyl (C=O) groups excluding carboxylic acids is 1. The van der Waals surface area contributed by atoms with Crippen molar-refractivity contribution in [1.29, 1.82) is 0 Å². The second-order valence-corrected chi connectivity index (χ2v) is 8.90. The van der Waals surface area contributed by atoms with Crippen LogP contribution in [0.4, 0.5) is 5.69 Å². The van der Waals surface area contributed by atoms with Crippen molar-refractivity contribution < 1.29 is 24.1 Å². The average molecular weight is 455 g/mol. The van der Waals surface area contributed by atoms with Crippen LogP contribution in [0.15, 0.2) is 48.5 Å². The molecule has 0 spiro atoms. The summed E-state index contributed by atoms with van der Waals surface area (Å²) < 4.78 is 18.3. The van der Waals surface area contributed by atoms with Crippen molar-refractivity contribution in [1.82, 2.24) is 4.90 Å². The van der Waals surface area contributed by atoms with Gasteiger partial charge < -0.3 is 24.6 Å². The fourth-order valence-corrected chi connectivity index (χ4v) is 4.74. The molecule has 7 nitrogen and oxygen atoms in total. The van der Waals surface area contributed by atoms with E-state index in [1.807, 2.05) is 48.5 Å². The van der Waals surface area contributed by atoms with E-state index < -0.39 is 6.29 Å². The minimum Gasteiger partial charge on any atom is -0.392 e. The molecule has 2 saturated heterocycles. The molecular weight excluding hydrogens is 420 g/mol. The normalized spacial score (nSPS) is 25.8. The Labute approximate surface area is 195 Å². The number of anilines is 1. The largest absolute Gasteiger partial charge is 0.392 e. The lowest BCUT2D eigenvalue weighted by atomic mass is 9.99. The first kappa shape index (κ1) is 23.9. The summed E-state index contributed by atoms with van der Waals surface area (Å²) in [6, 6.07) is 16.0. The summed E-state index contributed by atoms with van der Waals surface area (Å²) in [6.07, 6.45) is 2.49. The first-order chi connectivity index (χ1) is 16.1. The van der Waals surface area contributed by atoms with E-state index in [4.69, 9.17) is 14.2 Å². The van der Waals surface area contributed by atoms with Crippen molar-refractivity contribution in [3.63, 3.8) is 0 Å². The maximum absolute atomic E-state index is 11.3. The molecule has 33 heavy (non-hydrogen) atoms. The minimum absolute atomic E-state index is 0.0127. The van der Waals surface area contributed by atoms with Gasteiger partial charge in [0.2, 0.25) is 5.91 Å². The lowest BCUT2D eigenvalue weighted by molar-refractivity contribution is -0.253. The van der Waals surface area contributed by atoms with Crippen molar-refractivity contribution in [3.05, 3.63) is 65.2 Å². The van der Waals surface area contributed by atoms with Crippen LogP contribution < -0.4 is 5.32 Å². The molecule has 0 aromatic heterocycles. The molecule has 0 radical (unpaired) electrons. The van der Waals surface area contributed by atoms with Gasteiger partial charge in [-0.3, -0.25) is 9.69 Å². The number of likely N-dealkylation sites (tertiary alicyclic amines) is 1. The first-order valence-corrected chi connectivity index (χ1v) is 11.7. The molecule has 0 unspecified atom stereocenters. The SMILES string of the molecule is COC[C@@H]1CCCN1C[C@H]1C[C@@H](c2ccc(CO)cc2)O[C@@H](c2ccc(NC(C)=O)cc2)O1. The summed E-state index contributed by atoms with van der Waals surface area (Å²) >= 11 is 0. The van der Waals surface area contributed by atoms with Crippen LogP contribution in [0, 0.1) is 0 Å². The fraction of sp³-hybridized carbons (Fsp3) is 0.500. The number of nitrogens with one attached hydrogen (secondary N) is 1. The number of ether oxygens (including phenoxy) is 3. The van der Waals surface area contributed by atoms with E-state index in [1.165, 1.54) is 13.3 Å². The van der Waals surface area contributed by atoms with E-state index >= 15 is 0 Å². The van der Waals surface area contributed by atoms with Crippen LogP contribution in [-0.2, 0) is 25.6 Å². The Morgan fingerprint density at radius 2 is 1.85 bits per heavy atom. The maximum atomic E-state index is 11.3. The quantitative estimate of drug-likeness (QED) is 0.632. The summed E-state index contributed by atoms with van der Waals surface area (Å²) in [5.74, 6) is -0.101. The Balaban J connectivity index is 1.53. The molecule has 7 heteroatoms. The van der Waals surface area contributed by atoms with Crippen LogP contribution in [0.2, 0.25) is 0 Å². The summed E-state index contributed by atoms with van der Waals surface area (Å²) in [7, 11) is 1.76. The van der Waals surface area contributed by atoms with E-state index in [-0.39, 0.29) is 24.7 Å². The molecule has 2 aromatic carbocycles. The van der Waals surface area contributed by atoms with Gasteiger partial charge in [-0.2, -0.15) is 0 Å². The van der Waals surface area contributed by atoms with Crippen LogP contribution in [0.25, 0.3) is 0 Å². The third-order valence-corrected chi connectivity index (χ3v) is 6.41. The molecule has 4 rings (SSSR count). The van der Waals surface area contributed by atoms with Gasteiger partial charge in [-0.05, 0) is 42.6 Å². The van der Waals surface area contributed by atoms with Crippen molar-refractivity contribution in [2.45, 2.75) is 57.3 Å². The van der Waals surface area contributed by atoms with Gasteiger partial charge in [-0.25, -0.2) is 0 Å². The molecule has 0 bridgehead atoms. The number of amides is 1. The van der Waals surface area contributed by atoms with Gasteiger partial charge in [0, 0.05) is 44.3 Å². The van der Waals surface area contributed by atoms with E-state index in [9.17, 15) is 9.90 Å². The molecule has 0 saturated carbocycles. The van der Waals surface area contributed by atoms with Gasteiger partial charge in [0.05, 0.1) is 25.4 Å². The van der Waals surface area contributed by atoms with Crippen molar-refractivity contribution in [3.8, 4) is 0 Å². The molecular formula is C26H34N2O5. The third kappa shape index (κ3) is 6.19. The highest BCUT2D eigenvalue weighted by atomic mass is 16.7. The van der Waals surface area contributed by atoms with Crippen LogP contribution in [0.3, 0.4) is 0 Å². The monoisotopic (exact) mass is 454 g/mol. The zero-order chi connectivity index (χ0) is 23.2. The second kappa shape index (κ2) is 11.2. The predicted molar refractivity (Wildman–Crippen MR) is 126 cm³/mol. The standard InChI is InChI=1S/C26H34N2O5/c1-18(30)27-22-11-9-21(10-12-22)26-32-24(15-28-13-3-4-23(28)17-31-2)14-25(33-26)20-7-5-19(16-29)6-8-20/h5-12,23-26,29H,3-4,13-17H2,1-2H3,(H,27,30)/t23-,24+,25-,26-/m0/s1. The van der Waals surface area contributed by atoms with Gasteiger partial charge in [-0.1, -0.05) is 36.4 Å². The molecule has 2 aliphatic rings. The molecule has 2 aromatic rings. The Morgan fingerprint density at radius 3 is 2.52 bits per heavy atom. The summed E-state index contributed by atoms with van der Waals surface area (Å²) in [5.41, 5.74) is 3.62. The Kier molecular flexibility index (Phi) is 8.11. The molecule has 2 fully saturated rings. The number of hydrogen-bond donors (Lipinski definition) is 2. The third-order valence-electron chi connectivity index (χ3n) is 6.41. The highest BCUT2D eigenvalue weighted by Crippen LogP contribution is 2.39. The summed E-state index contributed by atoms with van der Waals surface area (Å²) in [5, 5.41) is 12.2. The number of nitrogens with zero attached hydrogens (tertiary/aromatic N) is 1. The molecule has 1 amide bonds. The number of carbonyl (C=O) groups is 1. The highest BCUT2D eigenvalue weighted by molar-refractivity contribution is 5.88. The van der Waals surface area contributed by atoms with E-state index in [1.54, 1.807) is 7.11 Å². The van der Waals surface area contributed by atoms with Crippen LogP contribution >= 0.6 is 0 Å². The number of rotatable bonds is 8. The topological polar surface area (TPSA) is 80.3 Å².